The van der Waals surface area contributed by atoms with Gasteiger partial charge in [-0.2, -0.15) is 10.2 Å². The summed E-state index contributed by atoms with van der Waals surface area (Å²) in [5.74, 6) is -0.945. The summed E-state index contributed by atoms with van der Waals surface area (Å²) in [7, 11) is 0. The van der Waals surface area contributed by atoms with Crippen molar-refractivity contribution in [1.82, 2.24) is 0 Å². The number of nitrogens with zero attached hydrogens (tertiary/aromatic N) is 3. The van der Waals surface area contributed by atoms with Crippen molar-refractivity contribution in [2.45, 2.75) is 13.8 Å². The van der Waals surface area contributed by atoms with Crippen LogP contribution in [0.3, 0.4) is 0 Å². The first-order valence-electron chi connectivity index (χ1n) is 6.67. The van der Waals surface area contributed by atoms with Crippen LogP contribution in [0.25, 0.3) is 0 Å². The molecule has 0 atom stereocenters. The molecule has 0 radical (unpaired) electrons. The Hall–Kier alpha value is -2.24. The van der Waals surface area contributed by atoms with Gasteiger partial charge in [0.2, 0.25) is 11.8 Å². The molecule has 2 amide bonds. The highest BCUT2D eigenvalue weighted by atomic mass is 35.5. The highest BCUT2D eigenvalue weighted by molar-refractivity contribution is 6.41. The van der Waals surface area contributed by atoms with Gasteiger partial charge in [-0.05, 0) is 24.3 Å². The molecule has 0 spiro atoms. The number of carbonyl (C=O) groups is 2. The summed E-state index contributed by atoms with van der Waals surface area (Å²) >= 11 is 12.3. The van der Waals surface area contributed by atoms with Crippen molar-refractivity contribution >= 4 is 52.1 Å². The molecule has 0 aromatic heterocycles. The molecule has 2 rings (SSSR count). The molecular formula is C16H13Cl2N3O2. The topological polar surface area (TPSA) is 62.1 Å². The highest BCUT2D eigenvalue weighted by Crippen LogP contribution is 2.38. The average Bonchev–Trinajstić information content (AvgIpc) is 2.49. The third kappa shape index (κ3) is 4.15. The molecule has 2 aromatic carbocycles. The maximum absolute atomic E-state index is 11.6. The lowest BCUT2D eigenvalue weighted by Gasteiger charge is -2.20. The standard InChI is InChI=1S/C16H13Cl2N3O2/c1-10(22)21(11(2)23)16-14(17)8-13(9-15(16)18)20-19-12-6-4-3-5-7-12/h3-9H,1-2H3. The van der Waals surface area contributed by atoms with E-state index in [-0.39, 0.29) is 15.7 Å². The third-order valence-electron chi connectivity index (χ3n) is 2.89. The van der Waals surface area contributed by atoms with Crippen molar-refractivity contribution in [2.75, 3.05) is 4.90 Å². The zero-order chi connectivity index (χ0) is 17.0. The average molecular weight is 350 g/mol. The Morgan fingerprint density at radius 2 is 1.35 bits per heavy atom. The number of carbonyl (C=O) groups excluding carboxylic acids is 2. The van der Waals surface area contributed by atoms with Gasteiger partial charge in [0.05, 0.1) is 27.1 Å². The van der Waals surface area contributed by atoms with Crippen molar-refractivity contribution < 1.29 is 9.59 Å². The van der Waals surface area contributed by atoms with Crippen LogP contribution in [0.5, 0.6) is 0 Å². The summed E-state index contributed by atoms with van der Waals surface area (Å²) in [6.45, 7) is 2.52. The largest absolute Gasteiger partial charge is 0.274 e. The maximum Gasteiger partial charge on any atom is 0.230 e. The van der Waals surface area contributed by atoms with Crippen molar-refractivity contribution in [1.29, 1.82) is 0 Å². The first-order valence-corrected chi connectivity index (χ1v) is 7.43. The third-order valence-corrected chi connectivity index (χ3v) is 3.47. The molecule has 0 N–H and O–H groups in total. The van der Waals surface area contributed by atoms with E-state index in [0.717, 1.165) is 4.90 Å². The van der Waals surface area contributed by atoms with Crippen molar-refractivity contribution in [3.05, 3.63) is 52.5 Å². The normalized spacial score (nSPS) is 10.8. The summed E-state index contributed by atoms with van der Waals surface area (Å²) in [6, 6.07) is 12.1. The predicted molar refractivity (Wildman–Crippen MR) is 90.9 cm³/mol. The van der Waals surface area contributed by atoms with Crippen LogP contribution in [0.1, 0.15) is 13.8 Å². The number of anilines is 1. The molecule has 0 aliphatic carbocycles. The number of hydrogen-bond donors (Lipinski definition) is 0. The van der Waals surface area contributed by atoms with Gasteiger partial charge in [0.15, 0.2) is 0 Å². The summed E-state index contributed by atoms with van der Waals surface area (Å²) in [5.41, 5.74) is 1.24. The van der Waals surface area contributed by atoms with Gasteiger partial charge in [-0.15, -0.1) is 0 Å². The van der Waals surface area contributed by atoms with Crippen molar-refractivity contribution in [3.63, 3.8) is 0 Å². The minimum atomic E-state index is -0.472. The van der Waals surface area contributed by atoms with E-state index in [4.69, 9.17) is 23.2 Å². The fourth-order valence-electron chi connectivity index (χ4n) is 1.97. The van der Waals surface area contributed by atoms with E-state index in [0.29, 0.717) is 11.4 Å². The second kappa shape index (κ2) is 7.35. The van der Waals surface area contributed by atoms with Gasteiger partial charge in [0.1, 0.15) is 0 Å². The number of azo groups is 1. The van der Waals surface area contributed by atoms with E-state index in [1.807, 2.05) is 18.2 Å². The smallest absolute Gasteiger partial charge is 0.230 e. The van der Waals surface area contributed by atoms with Crippen LogP contribution in [0.15, 0.2) is 52.7 Å². The lowest BCUT2D eigenvalue weighted by molar-refractivity contribution is -0.124. The second-order valence-electron chi connectivity index (χ2n) is 4.67. The molecule has 7 heteroatoms. The SMILES string of the molecule is CC(=O)N(C(C)=O)c1c(Cl)cc(N=Nc2ccccc2)cc1Cl. The number of hydrogen-bond acceptors (Lipinski definition) is 4. The van der Waals surface area contributed by atoms with Crippen LogP contribution >= 0.6 is 23.2 Å². The zero-order valence-corrected chi connectivity index (χ0v) is 14.0. The molecular weight excluding hydrogens is 337 g/mol. The quantitative estimate of drug-likeness (QED) is 0.705. The molecule has 5 nitrogen and oxygen atoms in total. The van der Waals surface area contributed by atoms with Gasteiger partial charge in [-0.1, -0.05) is 41.4 Å². The Morgan fingerprint density at radius 3 is 1.83 bits per heavy atom. The number of rotatable bonds is 3. The molecule has 0 aliphatic rings. The Morgan fingerprint density at radius 1 is 0.870 bits per heavy atom. The number of benzene rings is 2. The maximum atomic E-state index is 11.6. The fourth-order valence-corrected chi connectivity index (χ4v) is 2.61. The molecule has 0 fully saturated rings. The number of amides is 2. The van der Waals surface area contributed by atoms with Crippen LogP contribution < -0.4 is 4.90 Å². The number of imide groups is 1. The van der Waals surface area contributed by atoms with Crippen LogP contribution in [-0.2, 0) is 9.59 Å². The molecule has 0 heterocycles. The van der Waals surface area contributed by atoms with Crippen LogP contribution in [-0.4, -0.2) is 11.8 Å². The fraction of sp³-hybridized carbons (Fsp3) is 0.125. The van der Waals surface area contributed by atoms with E-state index in [1.54, 1.807) is 12.1 Å². The van der Waals surface area contributed by atoms with Gasteiger partial charge in [-0.3, -0.25) is 9.59 Å². The van der Waals surface area contributed by atoms with E-state index in [2.05, 4.69) is 10.2 Å². The van der Waals surface area contributed by atoms with Crippen LogP contribution in [0.2, 0.25) is 10.0 Å². The Kier molecular flexibility index (Phi) is 5.47. The Balaban J connectivity index is 2.39. The Labute approximate surface area is 143 Å². The van der Waals surface area contributed by atoms with E-state index < -0.39 is 11.8 Å². The minimum absolute atomic E-state index is 0.143. The Bertz CT molecular complexity index is 739. The number of halogens is 2. The summed E-state index contributed by atoms with van der Waals surface area (Å²) in [5, 5.41) is 8.41. The minimum Gasteiger partial charge on any atom is -0.274 e. The summed E-state index contributed by atoms with van der Waals surface area (Å²) in [4.78, 5) is 24.2. The summed E-state index contributed by atoms with van der Waals surface area (Å²) < 4.78 is 0. The molecule has 118 valence electrons. The van der Waals surface area contributed by atoms with Gasteiger partial charge in [-0.25, -0.2) is 4.90 Å². The van der Waals surface area contributed by atoms with Gasteiger partial charge in [0, 0.05) is 13.8 Å². The van der Waals surface area contributed by atoms with Gasteiger partial charge < -0.3 is 0 Å². The van der Waals surface area contributed by atoms with Crippen LogP contribution in [0, 0.1) is 0 Å². The first-order chi connectivity index (χ1) is 10.9. The molecule has 2 aromatic rings. The zero-order valence-electron chi connectivity index (χ0n) is 12.5. The van der Waals surface area contributed by atoms with Crippen molar-refractivity contribution in [2.24, 2.45) is 10.2 Å². The monoisotopic (exact) mass is 349 g/mol. The van der Waals surface area contributed by atoms with Crippen molar-refractivity contribution in [3.8, 4) is 0 Å². The summed E-state index contributed by atoms with van der Waals surface area (Å²) in [6.07, 6.45) is 0. The first kappa shape index (κ1) is 17.1. The molecule has 0 unspecified atom stereocenters. The van der Waals surface area contributed by atoms with E-state index in [1.165, 1.54) is 26.0 Å². The molecule has 23 heavy (non-hydrogen) atoms. The van der Waals surface area contributed by atoms with Gasteiger partial charge in [0.25, 0.3) is 0 Å². The molecule has 0 saturated carbocycles. The molecule has 0 saturated heterocycles. The lowest BCUT2D eigenvalue weighted by Crippen LogP contribution is -2.33. The van der Waals surface area contributed by atoms with Crippen LogP contribution in [0.4, 0.5) is 17.1 Å². The molecule has 0 aliphatic heterocycles. The van der Waals surface area contributed by atoms with E-state index >= 15 is 0 Å². The lowest BCUT2D eigenvalue weighted by atomic mass is 10.2. The second-order valence-corrected chi connectivity index (χ2v) is 5.48. The van der Waals surface area contributed by atoms with E-state index in [9.17, 15) is 9.59 Å². The molecule has 0 bridgehead atoms. The highest BCUT2D eigenvalue weighted by Gasteiger charge is 2.22. The predicted octanol–water partition coefficient (Wildman–Crippen LogP) is 5.31. The van der Waals surface area contributed by atoms with Gasteiger partial charge >= 0.3 is 0 Å².